The van der Waals surface area contributed by atoms with E-state index < -0.39 is 30.2 Å². The number of rotatable bonds is 9. The number of benzene rings is 2. The number of aliphatic hydroxyl groups excluding tert-OH is 1. The second kappa shape index (κ2) is 10.5. The van der Waals surface area contributed by atoms with E-state index in [0.717, 1.165) is 31.2 Å². The molecule has 1 unspecified atom stereocenters. The molecule has 2 aliphatic rings. The molecule has 2 aromatic rings. The van der Waals surface area contributed by atoms with Crippen LogP contribution in [0.2, 0.25) is 0 Å². The van der Waals surface area contributed by atoms with Gasteiger partial charge in [0.05, 0.1) is 6.42 Å². The van der Waals surface area contributed by atoms with E-state index in [1.807, 2.05) is 12.1 Å². The van der Waals surface area contributed by atoms with Crippen LogP contribution in [0.25, 0.3) is 0 Å². The molecule has 1 amide bonds. The molecular weight excluding hydrogens is 439 g/mol. The standard InChI is InChI=1S/C26H31FN2O5/c27-20-5-1-3-17(11-20)16-28(25(32)15-24(31)26(33)34)9-10-29-21-7-8-22(29)13-19(12-21)18-4-2-6-23(30)14-18/h1-6,11,14,19,21-22,24,30-31H,7-10,12-13,15-16H2,(H,33,34)/t19-,21+,22-,24?. The van der Waals surface area contributed by atoms with Crippen LogP contribution < -0.4 is 0 Å². The summed E-state index contributed by atoms with van der Waals surface area (Å²) in [5.41, 5.74) is 1.77. The van der Waals surface area contributed by atoms with Crippen LogP contribution in [0.3, 0.4) is 0 Å². The quantitative estimate of drug-likeness (QED) is 0.521. The molecule has 7 nitrogen and oxygen atoms in total. The molecule has 4 atom stereocenters. The van der Waals surface area contributed by atoms with Crippen LogP contribution in [-0.2, 0) is 16.1 Å². The van der Waals surface area contributed by atoms with Crippen molar-refractivity contribution in [3.63, 3.8) is 0 Å². The number of aliphatic carboxylic acids is 1. The largest absolute Gasteiger partial charge is 0.508 e. The first-order valence-electron chi connectivity index (χ1n) is 11.8. The van der Waals surface area contributed by atoms with Gasteiger partial charge >= 0.3 is 5.97 Å². The Morgan fingerprint density at radius 3 is 2.44 bits per heavy atom. The number of piperidine rings is 1. The zero-order valence-electron chi connectivity index (χ0n) is 19.0. The second-order valence-electron chi connectivity index (χ2n) is 9.39. The summed E-state index contributed by atoms with van der Waals surface area (Å²) in [5, 5.41) is 28.5. The molecule has 4 rings (SSSR count). The fourth-order valence-electron chi connectivity index (χ4n) is 5.46. The van der Waals surface area contributed by atoms with Crippen molar-refractivity contribution in [3.05, 3.63) is 65.5 Å². The highest BCUT2D eigenvalue weighted by molar-refractivity contribution is 5.83. The fourth-order valence-corrected chi connectivity index (χ4v) is 5.46. The van der Waals surface area contributed by atoms with Crippen LogP contribution in [0.5, 0.6) is 5.75 Å². The first-order valence-corrected chi connectivity index (χ1v) is 11.8. The number of halogens is 1. The van der Waals surface area contributed by atoms with Crippen molar-refractivity contribution < 1.29 is 29.3 Å². The number of phenols is 1. The monoisotopic (exact) mass is 470 g/mol. The molecule has 2 bridgehead atoms. The Morgan fingerprint density at radius 2 is 1.79 bits per heavy atom. The van der Waals surface area contributed by atoms with Gasteiger partial charge in [-0.25, -0.2) is 9.18 Å². The maximum Gasteiger partial charge on any atom is 0.333 e. The molecule has 8 heteroatoms. The van der Waals surface area contributed by atoms with Crippen LogP contribution in [0.1, 0.15) is 49.1 Å². The SMILES string of the molecule is O=C(O)C(O)CC(=O)N(CCN1[C@@H]2CC[C@H]1C[C@@H](c1cccc(O)c1)C2)Cc1cccc(F)c1. The molecule has 0 aromatic heterocycles. The summed E-state index contributed by atoms with van der Waals surface area (Å²) in [7, 11) is 0. The van der Waals surface area contributed by atoms with E-state index >= 15 is 0 Å². The highest BCUT2D eigenvalue weighted by Gasteiger charge is 2.41. The molecule has 0 spiro atoms. The Balaban J connectivity index is 1.42. The molecule has 3 N–H and O–H groups in total. The number of aliphatic hydroxyl groups is 1. The average Bonchev–Trinajstić information content (AvgIpc) is 3.03. The number of hydrogen-bond donors (Lipinski definition) is 3. The topological polar surface area (TPSA) is 101 Å². The summed E-state index contributed by atoms with van der Waals surface area (Å²) in [5.74, 6) is -1.64. The first kappa shape index (κ1) is 24.2. The maximum atomic E-state index is 13.7. The Kier molecular flexibility index (Phi) is 7.48. The van der Waals surface area contributed by atoms with Gasteiger partial charge in [0, 0.05) is 31.7 Å². The molecule has 2 fully saturated rings. The number of aromatic hydroxyl groups is 1. The highest BCUT2D eigenvalue weighted by atomic mass is 19.1. The zero-order valence-corrected chi connectivity index (χ0v) is 19.0. The van der Waals surface area contributed by atoms with Gasteiger partial charge in [0.2, 0.25) is 5.91 Å². The molecular formula is C26H31FN2O5. The molecule has 0 aliphatic carbocycles. The fraction of sp³-hybridized carbons (Fsp3) is 0.462. The molecule has 2 aliphatic heterocycles. The van der Waals surface area contributed by atoms with Gasteiger partial charge in [-0.3, -0.25) is 9.69 Å². The minimum absolute atomic E-state index is 0.151. The van der Waals surface area contributed by atoms with Crippen LogP contribution in [0.4, 0.5) is 4.39 Å². The van der Waals surface area contributed by atoms with Crippen molar-refractivity contribution in [2.24, 2.45) is 0 Å². The van der Waals surface area contributed by atoms with Crippen LogP contribution in [0.15, 0.2) is 48.5 Å². The van der Waals surface area contributed by atoms with Crippen LogP contribution >= 0.6 is 0 Å². The molecule has 0 radical (unpaired) electrons. The number of amides is 1. The smallest absolute Gasteiger partial charge is 0.333 e. The summed E-state index contributed by atoms with van der Waals surface area (Å²) in [4.78, 5) is 27.8. The molecule has 2 heterocycles. The van der Waals surface area contributed by atoms with Crippen LogP contribution in [-0.4, -0.2) is 68.3 Å². The van der Waals surface area contributed by atoms with Crippen molar-refractivity contribution in [1.82, 2.24) is 9.80 Å². The second-order valence-corrected chi connectivity index (χ2v) is 9.39. The molecule has 0 saturated carbocycles. The van der Waals surface area contributed by atoms with Crippen molar-refractivity contribution in [2.45, 2.75) is 62.8 Å². The summed E-state index contributed by atoms with van der Waals surface area (Å²) in [6, 6.07) is 14.2. The van der Waals surface area contributed by atoms with Crippen molar-refractivity contribution in [1.29, 1.82) is 0 Å². The van der Waals surface area contributed by atoms with E-state index in [1.165, 1.54) is 17.0 Å². The number of phenolic OH excluding ortho intramolecular Hbond substituents is 1. The van der Waals surface area contributed by atoms with E-state index in [9.17, 15) is 24.2 Å². The maximum absolute atomic E-state index is 13.7. The molecule has 182 valence electrons. The number of hydrogen-bond acceptors (Lipinski definition) is 5. The lowest BCUT2D eigenvalue weighted by molar-refractivity contribution is -0.151. The Hall–Kier alpha value is -2.97. The summed E-state index contributed by atoms with van der Waals surface area (Å²) < 4.78 is 13.7. The van der Waals surface area contributed by atoms with Gasteiger partial charge in [0.15, 0.2) is 6.10 Å². The van der Waals surface area contributed by atoms with Crippen molar-refractivity contribution in [2.75, 3.05) is 13.1 Å². The van der Waals surface area contributed by atoms with E-state index in [4.69, 9.17) is 5.11 Å². The normalized spacial score (nSPS) is 22.9. The van der Waals surface area contributed by atoms with Crippen molar-refractivity contribution >= 4 is 11.9 Å². The van der Waals surface area contributed by atoms with E-state index in [1.54, 1.807) is 18.2 Å². The Bertz CT molecular complexity index is 1020. The molecule has 34 heavy (non-hydrogen) atoms. The first-order chi connectivity index (χ1) is 16.3. The van der Waals surface area contributed by atoms with Gasteiger partial charge < -0.3 is 20.2 Å². The van der Waals surface area contributed by atoms with E-state index in [0.29, 0.717) is 36.7 Å². The summed E-state index contributed by atoms with van der Waals surface area (Å²) in [6.07, 6.45) is 1.84. The van der Waals surface area contributed by atoms with Gasteiger partial charge in [0.1, 0.15) is 11.6 Å². The van der Waals surface area contributed by atoms with Crippen LogP contribution in [0, 0.1) is 5.82 Å². The van der Waals surface area contributed by atoms with Gasteiger partial charge in [-0.15, -0.1) is 0 Å². The van der Waals surface area contributed by atoms with E-state index in [-0.39, 0.29) is 12.3 Å². The number of carboxylic acid groups (broad SMARTS) is 1. The number of carboxylic acids is 1. The van der Waals surface area contributed by atoms with Gasteiger partial charge in [-0.1, -0.05) is 24.3 Å². The number of carbonyl (C=O) groups is 2. The highest BCUT2D eigenvalue weighted by Crippen LogP contribution is 2.43. The summed E-state index contributed by atoms with van der Waals surface area (Å²) >= 11 is 0. The minimum atomic E-state index is -1.77. The minimum Gasteiger partial charge on any atom is -0.508 e. The third-order valence-electron chi connectivity index (χ3n) is 7.12. The number of fused-ring (bicyclic) bond motifs is 2. The third kappa shape index (κ3) is 5.74. The lowest BCUT2D eigenvalue weighted by Gasteiger charge is -2.40. The summed E-state index contributed by atoms with van der Waals surface area (Å²) in [6.45, 7) is 1.15. The third-order valence-corrected chi connectivity index (χ3v) is 7.12. The Labute approximate surface area is 198 Å². The van der Waals surface area contributed by atoms with Crippen molar-refractivity contribution in [3.8, 4) is 5.75 Å². The number of carbonyl (C=O) groups excluding carboxylic acids is 1. The number of nitrogens with zero attached hydrogens (tertiary/aromatic N) is 2. The van der Waals surface area contributed by atoms with Gasteiger partial charge in [0.25, 0.3) is 0 Å². The zero-order chi connectivity index (χ0) is 24.2. The van der Waals surface area contributed by atoms with Gasteiger partial charge in [-0.2, -0.15) is 0 Å². The lowest BCUT2D eigenvalue weighted by atomic mass is 9.85. The van der Waals surface area contributed by atoms with E-state index in [2.05, 4.69) is 11.0 Å². The Morgan fingerprint density at radius 1 is 1.09 bits per heavy atom. The predicted octanol–water partition coefficient (Wildman–Crippen LogP) is 3.11. The average molecular weight is 471 g/mol. The van der Waals surface area contributed by atoms with Gasteiger partial charge in [-0.05, 0) is 67.0 Å². The lowest BCUT2D eigenvalue weighted by Crippen LogP contribution is -2.47. The molecule has 2 aromatic carbocycles. The predicted molar refractivity (Wildman–Crippen MR) is 124 cm³/mol. The molecule has 2 saturated heterocycles.